The molecule has 2 atom stereocenters. The Kier molecular flexibility index (Phi) is 3.30. The van der Waals surface area contributed by atoms with E-state index in [0.29, 0.717) is 19.1 Å². The predicted octanol–water partition coefficient (Wildman–Crippen LogP) is -0.00830. The lowest BCUT2D eigenvalue weighted by Gasteiger charge is -2.15. The van der Waals surface area contributed by atoms with Crippen LogP contribution in [0, 0.1) is 5.92 Å². The SMILES string of the molecule is CC(C)CNC1COCC1O. The van der Waals surface area contributed by atoms with Gasteiger partial charge in [-0.05, 0) is 12.5 Å². The van der Waals surface area contributed by atoms with Crippen LogP contribution < -0.4 is 5.32 Å². The van der Waals surface area contributed by atoms with Crippen LogP contribution in [0.4, 0.5) is 0 Å². The summed E-state index contributed by atoms with van der Waals surface area (Å²) in [5.41, 5.74) is 0. The lowest BCUT2D eigenvalue weighted by atomic mass is 10.1. The van der Waals surface area contributed by atoms with Gasteiger partial charge in [0.2, 0.25) is 0 Å². The first-order valence-corrected chi connectivity index (χ1v) is 4.19. The lowest BCUT2D eigenvalue weighted by Crippen LogP contribution is -2.40. The molecule has 0 spiro atoms. The molecule has 0 aromatic heterocycles. The minimum Gasteiger partial charge on any atom is -0.389 e. The number of aliphatic hydroxyl groups excluding tert-OH is 1. The van der Waals surface area contributed by atoms with Crippen LogP contribution in [-0.4, -0.2) is 37.0 Å². The number of rotatable bonds is 3. The zero-order valence-corrected chi connectivity index (χ0v) is 7.21. The van der Waals surface area contributed by atoms with Crippen molar-refractivity contribution in [2.45, 2.75) is 26.0 Å². The van der Waals surface area contributed by atoms with Crippen molar-refractivity contribution in [1.82, 2.24) is 5.32 Å². The Balaban J connectivity index is 2.15. The minimum absolute atomic E-state index is 0.150. The largest absolute Gasteiger partial charge is 0.389 e. The first kappa shape index (κ1) is 8.97. The van der Waals surface area contributed by atoms with E-state index in [1.165, 1.54) is 0 Å². The second-order valence-electron chi connectivity index (χ2n) is 3.51. The van der Waals surface area contributed by atoms with Gasteiger partial charge in [0.1, 0.15) is 0 Å². The predicted molar refractivity (Wildman–Crippen MR) is 43.5 cm³/mol. The molecule has 1 saturated heterocycles. The number of hydrogen-bond acceptors (Lipinski definition) is 3. The molecule has 0 bridgehead atoms. The average Bonchev–Trinajstić information content (AvgIpc) is 2.31. The number of aliphatic hydroxyl groups is 1. The fourth-order valence-corrected chi connectivity index (χ4v) is 1.13. The monoisotopic (exact) mass is 159 g/mol. The van der Waals surface area contributed by atoms with Gasteiger partial charge in [-0.15, -0.1) is 0 Å². The Morgan fingerprint density at radius 1 is 1.55 bits per heavy atom. The van der Waals surface area contributed by atoms with Gasteiger partial charge in [0.15, 0.2) is 0 Å². The second-order valence-corrected chi connectivity index (χ2v) is 3.51. The summed E-state index contributed by atoms with van der Waals surface area (Å²) >= 11 is 0. The van der Waals surface area contributed by atoms with Gasteiger partial charge in [-0.2, -0.15) is 0 Å². The van der Waals surface area contributed by atoms with Gasteiger partial charge >= 0.3 is 0 Å². The molecule has 1 aliphatic rings. The molecule has 3 heteroatoms. The highest BCUT2D eigenvalue weighted by atomic mass is 16.5. The molecule has 0 aromatic carbocycles. The molecule has 0 radical (unpaired) electrons. The molecule has 1 aliphatic heterocycles. The van der Waals surface area contributed by atoms with Gasteiger partial charge in [0.05, 0.1) is 25.4 Å². The van der Waals surface area contributed by atoms with E-state index in [1.54, 1.807) is 0 Å². The van der Waals surface area contributed by atoms with Crippen LogP contribution in [0.25, 0.3) is 0 Å². The van der Waals surface area contributed by atoms with E-state index in [9.17, 15) is 5.11 Å². The zero-order valence-electron chi connectivity index (χ0n) is 7.21. The van der Waals surface area contributed by atoms with Crippen LogP contribution >= 0.6 is 0 Å². The summed E-state index contributed by atoms with van der Waals surface area (Å²) in [5.74, 6) is 0.628. The molecule has 1 fully saturated rings. The van der Waals surface area contributed by atoms with Crippen LogP contribution in [0.2, 0.25) is 0 Å². The molecule has 1 rings (SSSR count). The Hall–Kier alpha value is -0.120. The van der Waals surface area contributed by atoms with Crippen LogP contribution in [0.3, 0.4) is 0 Å². The van der Waals surface area contributed by atoms with Gasteiger partial charge in [0, 0.05) is 0 Å². The van der Waals surface area contributed by atoms with Crippen molar-refractivity contribution < 1.29 is 9.84 Å². The van der Waals surface area contributed by atoms with Crippen LogP contribution in [-0.2, 0) is 4.74 Å². The molecule has 2 N–H and O–H groups in total. The van der Waals surface area contributed by atoms with Gasteiger partial charge < -0.3 is 15.2 Å². The van der Waals surface area contributed by atoms with E-state index >= 15 is 0 Å². The van der Waals surface area contributed by atoms with E-state index in [1.807, 2.05) is 0 Å². The highest BCUT2D eigenvalue weighted by Gasteiger charge is 2.25. The maximum atomic E-state index is 9.31. The summed E-state index contributed by atoms with van der Waals surface area (Å²) in [5, 5.41) is 12.6. The maximum absolute atomic E-state index is 9.31. The van der Waals surface area contributed by atoms with Gasteiger partial charge in [0.25, 0.3) is 0 Å². The van der Waals surface area contributed by atoms with Crippen molar-refractivity contribution in [3.63, 3.8) is 0 Å². The Morgan fingerprint density at radius 3 is 2.73 bits per heavy atom. The van der Waals surface area contributed by atoms with E-state index in [-0.39, 0.29) is 12.1 Å². The smallest absolute Gasteiger partial charge is 0.0948 e. The lowest BCUT2D eigenvalue weighted by molar-refractivity contribution is 0.122. The van der Waals surface area contributed by atoms with E-state index in [0.717, 1.165) is 6.54 Å². The highest BCUT2D eigenvalue weighted by Crippen LogP contribution is 2.05. The summed E-state index contributed by atoms with van der Waals surface area (Å²) in [6.07, 6.45) is -0.311. The van der Waals surface area contributed by atoms with E-state index in [2.05, 4.69) is 19.2 Å². The summed E-state index contributed by atoms with van der Waals surface area (Å²) in [7, 11) is 0. The van der Waals surface area contributed by atoms with Crippen LogP contribution in [0.5, 0.6) is 0 Å². The standard InChI is InChI=1S/C8H17NO2/c1-6(2)3-9-7-4-11-5-8(7)10/h6-10H,3-5H2,1-2H3. The molecule has 0 saturated carbocycles. The molecular weight excluding hydrogens is 142 g/mol. The molecule has 2 unspecified atom stereocenters. The first-order valence-electron chi connectivity index (χ1n) is 4.19. The Labute approximate surface area is 67.7 Å². The Morgan fingerprint density at radius 2 is 2.27 bits per heavy atom. The highest BCUT2D eigenvalue weighted by molar-refractivity contribution is 4.80. The third kappa shape index (κ3) is 2.77. The molecule has 66 valence electrons. The van der Waals surface area contributed by atoms with Gasteiger partial charge in [-0.1, -0.05) is 13.8 Å². The minimum atomic E-state index is -0.311. The third-order valence-corrected chi connectivity index (χ3v) is 1.84. The maximum Gasteiger partial charge on any atom is 0.0948 e. The summed E-state index contributed by atoms with van der Waals surface area (Å²) in [4.78, 5) is 0. The second kappa shape index (κ2) is 4.04. The van der Waals surface area contributed by atoms with Gasteiger partial charge in [-0.3, -0.25) is 0 Å². The molecule has 1 heterocycles. The number of ether oxygens (including phenoxy) is 1. The van der Waals surface area contributed by atoms with Crippen LogP contribution in [0.15, 0.2) is 0 Å². The summed E-state index contributed by atoms with van der Waals surface area (Å²) in [6, 6.07) is 0.150. The van der Waals surface area contributed by atoms with Gasteiger partial charge in [-0.25, -0.2) is 0 Å². The fourth-order valence-electron chi connectivity index (χ4n) is 1.13. The van der Waals surface area contributed by atoms with Crippen molar-refractivity contribution >= 4 is 0 Å². The molecular formula is C8H17NO2. The van der Waals surface area contributed by atoms with E-state index < -0.39 is 0 Å². The molecule has 11 heavy (non-hydrogen) atoms. The van der Waals surface area contributed by atoms with Crippen molar-refractivity contribution in [2.24, 2.45) is 5.92 Å². The van der Waals surface area contributed by atoms with Crippen molar-refractivity contribution in [3.05, 3.63) is 0 Å². The first-order chi connectivity index (χ1) is 5.20. The number of hydrogen-bond donors (Lipinski definition) is 2. The topological polar surface area (TPSA) is 41.5 Å². The normalized spacial score (nSPS) is 31.6. The summed E-state index contributed by atoms with van der Waals surface area (Å²) < 4.78 is 5.09. The van der Waals surface area contributed by atoms with Crippen LogP contribution in [0.1, 0.15) is 13.8 Å². The van der Waals surface area contributed by atoms with E-state index in [4.69, 9.17) is 4.74 Å². The average molecular weight is 159 g/mol. The van der Waals surface area contributed by atoms with Crippen molar-refractivity contribution in [3.8, 4) is 0 Å². The molecule has 0 aromatic rings. The molecule has 0 amide bonds. The molecule has 0 aliphatic carbocycles. The fraction of sp³-hybridized carbons (Fsp3) is 1.00. The molecule has 3 nitrogen and oxygen atoms in total. The third-order valence-electron chi connectivity index (χ3n) is 1.84. The number of nitrogens with one attached hydrogen (secondary N) is 1. The zero-order chi connectivity index (χ0) is 8.27. The Bertz CT molecular complexity index is 117. The van der Waals surface area contributed by atoms with Crippen molar-refractivity contribution in [1.29, 1.82) is 0 Å². The summed E-state index contributed by atoms with van der Waals surface area (Å²) in [6.45, 7) is 6.37. The van der Waals surface area contributed by atoms with Crippen molar-refractivity contribution in [2.75, 3.05) is 19.8 Å². The quantitative estimate of drug-likeness (QED) is 0.608.